The Hall–Kier alpha value is -0.0800. The first-order valence-electron chi connectivity index (χ1n) is 5.89. The van der Waals surface area contributed by atoms with Gasteiger partial charge in [-0.25, -0.2) is 0 Å². The summed E-state index contributed by atoms with van der Waals surface area (Å²) in [5, 5.41) is 12.9. The molecule has 1 saturated carbocycles. The van der Waals surface area contributed by atoms with E-state index in [0.29, 0.717) is 12.0 Å². The molecular formula is C12H25NO. The minimum atomic E-state index is 0.0744. The zero-order valence-electron chi connectivity index (χ0n) is 9.90. The van der Waals surface area contributed by atoms with E-state index in [2.05, 4.69) is 26.1 Å². The molecule has 1 rings (SSSR count). The van der Waals surface area contributed by atoms with Crippen molar-refractivity contribution in [3.05, 3.63) is 0 Å². The van der Waals surface area contributed by atoms with Crippen LogP contribution in [0.2, 0.25) is 0 Å². The summed E-state index contributed by atoms with van der Waals surface area (Å²) in [6, 6.07) is 0. The third-order valence-electron chi connectivity index (χ3n) is 3.48. The predicted octanol–water partition coefficient (Wildman–Crippen LogP) is 2.32. The Bertz CT molecular complexity index is 168. The van der Waals surface area contributed by atoms with Crippen molar-refractivity contribution in [1.29, 1.82) is 0 Å². The van der Waals surface area contributed by atoms with Crippen molar-refractivity contribution in [2.75, 3.05) is 13.2 Å². The van der Waals surface area contributed by atoms with Crippen LogP contribution in [0.1, 0.15) is 52.9 Å². The van der Waals surface area contributed by atoms with Crippen molar-refractivity contribution in [3.8, 4) is 0 Å². The van der Waals surface area contributed by atoms with Crippen LogP contribution in [-0.2, 0) is 0 Å². The Morgan fingerprint density at radius 1 is 1.36 bits per heavy atom. The molecule has 0 bridgehead atoms. The molecule has 1 fully saturated rings. The van der Waals surface area contributed by atoms with Crippen molar-refractivity contribution >= 4 is 0 Å². The summed E-state index contributed by atoms with van der Waals surface area (Å²) in [7, 11) is 0. The molecule has 0 radical (unpaired) electrons. The highest BCUT2D eigenvalue weighted by molar-refractivity contribution is 4.96. The second-order valence-electron chi connectivity index (χ2n) is 5.56. The fourth-order valence-electron chi connectivity index (χ4n) is 2.19. The lowest BCUT2D eigenvalue weighted by molar-refractivity contribution is 0.0764. The van der Waals surface area contributed by atoms with Gasteiger partial charge < -0.3 is 10.4 Å². The summed E-state index contributed by atoms with van der Waals surface area (Å²) in [5.41, 5.74) is 0.442. The molecule has 0 aromatic heterocycles. The minimum absolute atomic E-state index is 0.0744. The highest BCUT2D eigenvalue weighted by atomic mass is 16.3. The van der Waals surface area contributed by atoms with E-state index in [0.717, 1.165) is 19.4 Å². The molecular weight excluding hydrogens is 174 g/mol. The Kier molecular flexibility index (Phi) is 3.96. The molecule has 0 aromatic carbocycles. The number of nitrogens with one attached hydrogen (secondary N) is 1. The Balaban J connectivity index is 2.31. The lowest BCUT2D eigenvalue weighted by atomic mass is 9.76. The van der Waals surface area contributed by atoms with Gasteiger partial charge in [-0.15, -0.1) is 0 Å². The quantitative estimate of drug-likeness (QED) is 0.688. The van der Waals surface area contributed by atoms with Crippen LogP contribution in [0.15, 0.2) is 0 Å². The molecule has 14 heavy (non-hydrogen) atoms. The highest BCUT2D eigenvalue weighted by Gasteiger charge is 2.36. The van der Waals surface area contributed by atoms with Crippen LogP contribution >= 0.6 is 0 Å². The van der Waals surface area contributed by atoms with Gasteiger partial charge in [-0.3, -0.25) is 0 Å². The van der Waals surface area contributed by atoms with Crippen LogP contribution < -0.4 is 5.32 Å². The van der Waals surface area contributed by atoms with Crippen molar-refractivity contribution in [1.82, 2.24) is 5.32 Å². The molecule has 1 aliphatic carbocycles. The van der Waals surface area contributed by atoms with Gasteiger partial charge in [0.1, 0.15) is 0 Å². The molecule has 0 aliphatic heterocycles. The van der Waals surface area contributed by atoms with E-state index in [9.17, 15) is 5.11 Å². The number of aliphatic hydroxyl groups is 1. The van der Waals surface area contributed by atoms with Crippen LogP contribution in [0, 0.1) is 5.41 Å². The van der Waals surface area contributed by atoms with Crippen LogP contribution in [-0.4, -0.2) is 23.8 Å². The van der Waals surface area contributed by atoms with Gasteiger partial charge in [-0.2, -0.15) is 0 Å². The predicted molar refractivity (Wildman–Crippen MR) is 60.4 cm³/mol. The average molecular weight is 199 g/mol. The zero-order valence-corrected chi connectivity index (χ0v) is 9.90. The lowest BCUT2D eigenvalue weighted by Gasteiger charge is -2.43. The van der Waals surface area contributed by atoms with Gasteiger partial charge in [-0.1, -0.05) is 27.2 Å². The number of hydrogen-bond acceptors (Lipinski definition) is 2. The number of aliphatic hydroxyl groups excluding tert-OH is 1. The van der Waals surface area contributed by atoms with E-state index in [1.165, 1.54) is 19.3 Å². The Morgan fingerprint density at radius 2 is 2.00 bits per heavy atom. The first-order valence-corrected chi connectivity index (χ1v) is 5.89. The summed E-state index contributed by atoms with van der Waals surface area (Å²) < 4.78 is 0. The summed E-state index contributed by atoms with van der Waals surface area (Å²) in [5.74, 6) is 0. The molecule has 0 heterocycles. The van der Waals surface area contributed by atoms with E-state index in [1.54, 1.807) is 0 Å². The summed E-state index contributed by atoms with van der Waals surface area (Å²) in [4.78, 5) is 0. The van der Waals surface area contributed by atoms with Gasteiger partial charge >= 0.3 is 0 Å². The van der Waals surface area contributed by atoms with Crippen molar-refractivity contribution in [3.63, 3.8) is 0 Å². The second kappa shape index (κ2) is 4.63. The topological polar surface area (TPSA) is 32.3 Å². The lowest BCUT2D eigenvalue weighted by Crippen LogP contribution is -2.56. The van der Waals surface area contributed by atoms with Crippen molar-refractivity contribution in [2.45, 2.75) is 58.4 Å². The third-order valence-corrected chi connectivity index (χ3v) is 3.48. The monoisotopic (exact) mass is 199 g/mol. The molecule has 0 unspecified atom stereocenters. The molecule has 0 spiro atoms. The zero-order chi connectivity index (χ0) is 10.7. The van der Waals surface area contributed by atoms with E-state index >= 15 is 0 Å². The maximum Gasteiger partial charge on any atom is 0.0613 e. The fourth-order valence-corrected chi connectivity index (χ4v) is 2.19. The number of hydrogen-bond donors (Lipinski definition) is 2. The molecule has 0 saturated heterocycles. The third kappa shape index (κ3) is 2.96. The largest absolute Gasteiger partial charge is 0.394 e. The molecule has 0 amide bonds. The molecule has 2 nitrogen and oxygen atoms in total. The van der Waals surface area contributed by atoms with E-state index < -0.39 is 0 Å². The van der Waals surface area contributed by atoms with Gasteiger partial charge in [0.15, 0.2) is 0 Å². The fraction of sp³-hybridized carbons (Fsp3) is 1.00. The Labute approximate surface area is 88.1 Å². The summed E-state index contributed by atoms with van der Waals surface area (Å²) in [6.07, 6.45) is 6.04. The van der Waals surface area contributed by atoms with Crippen LogP contribution in [0.4, 0.5) is 0 Å². The smallest absolute Gasteiger partial charge is 0.0613 e. The van der Waals surface area contributed by atoms with E-state index in [1.807, 2.05) is 0 Å². The molecule has 1 aliphatic rings. The molecule has 2 N–H and O–H groups in total. The molecule has 0 aromatic rings. The molecule has 2 heteroatoms. The van der Waals surface area contributed by atoms with Crippen molar-refractivity contribution < 1.29 is 5.11 Å². The molecule has 0 atom stereocenters. The van der Waals surface area contributed by atoms with Crippen molar-refractivity contribution in [2.24, 2.45) is 5.41 Å². The van der Waals surface area contributed by atoms with E-state index in [4.69, 9.17) is 0 Å². The van der Waals surface area contributed by atoms with Gasteiger partial charge in [0, 0.05) is 12.1 Å². The Morgan fingerprint density at radius 3 is 2.36 bits per heavy atom. The van der Waals surface area contributed by atoms with Crippen LogP contribution in [0.5, 0.6) is 0 Å². The summed E-state index contributed by atoms with van der Waals surface area (Å²) in [6.45, 7) is 8.16. The van der Waals surface area contributed by atoms with E-state index in [-0.39, 0.29) is 5.54 Å². The van der Waals surface area contributed by atoms with Gasteiger partial charge in [-0.05, 0) is 31.1 Å². The SMILES string of the molecule is CCCC(C)(C)CNC1(CO)CCC1. The van der Waals surface area contributed by atoms with Crippen LogP contribution in [0.25, 0.3) is 0 Å². The maximum atomic E-state index is 9.30. The normalized spacial score (nSPS) is 20.6. The highest BCUT2D eigenvalue weighted by Crippen LogP contribution is 2.32. The average Bonchev–Trinajstić information content (AvgIpc) is 2.03. The first kappa shape index (κ1) is 12.0. The summed E-state index contributed by atoms with van der Waals surface area (Å²) >= 11 is 0. The van der Waals surface area contributed by atoms with Crippen LogP contribution in [0.3, 0.4) is 0 Å². The first-order chi connectivity index (χ1) is 6.54. The number of rotatable bonds is 6. The minimum Gasteiger partial charge on any atom is -0.394 e. The van der Waals surface area contributed by atoms with Gasteiger partial charge in [0.25, 0.3) is 0 Å². The molecule has 84 valence electrons. The standard InChI is InChI=1S/C12H25NO/c1-4-6-11(2,3)9-13-12(10-14)7-5-8-12/h13-14H,4-10H2,1-3H3. The second-order valence-corrected chi connectivity index (χ2v) is 5.56. The van der Waals surface area contributed by atoms with Gasteiger partial charge in [0.2, 0.25) is 0 Å². The van der Waals surface area contributed by atoms with Gasteiger partial charge in [0.05, 0.1) is 6.61 Å². The maximum absolute atomic E-state index is 9.30.